The Bertz CT molecular complexity index is 535. The molecular formula is C17H25NO2. The summed E-state index contributed by atoms with van der Waals surface area (Å²) in [5.74, 6) is 2.40. The van der Waals surface area contributed by atoms with Gasteiger partial charge in [-0.2, -0.15) is 0 Å². The number of rotatable bonds is 4. The van der Waals surface area contributed by atoms with Crippen molar-refractivity contribution in [1.82, 2.24) is 4.90 Å². The zero-order valence-corrected chi connectivity index (χ0v) is 13.4. The number of carbonyl (C=O) groups excluding carboxylic acids is 1. The molecule has 1 aliphatic rings. The largest absolute Gasteiger partial charge is 0.464 e. The van der Waals surface area contributed by atoms with Crippen LogP contribution in [0, 0.1) is 24.2 Å². The quantitative estimate of drug-likeness (QED) is 0.783. The molecule has 2 unspecified atom stereocenters. The fraction of sp³-hybridized carbons (Fsp3) is 0.588. The van der Waals surface area contributed by atoms with Gasteiger partial charge in [0.2, 0.25) is 5.91 Å². The van der Waals surface area contributed by atoms with Crippen LogP contribution in [0.15, 0.2) is 28.2 Å². The molecule has 1 fully saturated rings. The summed E-state index contributed by atoms with van der Waals surface area (Å²) in [5.41, 5.74) is 1.35. The Labute approximate surface area is 121 Å². The molecule has 1 saturated carbocycles. The summed E-state index contributed by atoms with van der Waals surface area (Å²) in [5, 5.41) is 0. The van der Waals surface area contributed by atoms with Gasteiger partial charge in [0.15, 0.2) is 0 Å². The third-order valence-electron chi connectivity index (χ3n) is 4.25. The first-order chi connectivity index (χ1) is 9.23. The summed E-state index contributed by atoms with van der Waals surface area (Å²) in [4.78, 5) is 14.4. The second-order valence-electron chi connectivity index (χ2n) is 6.78. The molecule has 0 N–H and O–H groups in total. The van der Waals surface area contributed by atoms with Gasteiger partial charge in [0, 0.05) is 7.05 Å². The van der Waals surface area contributed by atoms with Crippen molar-refractivity contribution in [2.75, 3.05) is 7.05 Å². The van der Waals surface area contributed by atoms with Crippen molar-refractivity contribution < 1.29 is 9.21 Å². The number of nitrogens with zero attached hydrogens (tertiary/aromatic N) is 1. The monoisotopic (exact) mass is 275 g/mol. The Morgan fingerprint density at radius 2 is 2.05 bits per heavy atom. The highest BCUT2D eigenvalue weighted by Gasteiger charge is 2.60. The van der Waals surface area contributed by atoms with E-state index in [1.54, 1.807) is 4.90 Å². The maximum atomic E-state index is 12.6. The fourth-order valence-electron chi connectivity index (χ4n) is 2.94. The van der Waals surface area contributed by atoms with Crippen molar-refractivity contribution in [2.24, 2.45) is 17.3 Å². The lowest BCUT2D eigenvalue weighted by Crippen LogP contribution is -2.29. The topological polar surface area (TPSA) is 33.5 Å². The molecule has 2 rings (SSSR count). The van der Waals surface area contributed by atoms with E-state index in [0.29, 0.717) is 12.5 Å². The molecule has 0 radical (unpaired) electrons. The second kappa shape index (κ2) is 5.12. The molecule has 0 bridgehead atoms. The summed E-state index contributed by atoms with van der Waals surface area (Å²) >= 11 is 0. The van der Waals surface area contributed by atoms with E-state index in [0.717, 1.165) is 11.5 Å². The molecule has 1 aromatic heterocycles. The number of amides is 1. The van der Waals surface area contributed by atoms with Gasteiger partial charge in [-0.1, -0.05) is 25.5 Å². The zero-order valence-electron chi connectivity index (χ0n) is 13.4. The lowest BCUT2D eigenvalue weighted by atomic mass is 10.1. The highest BCUT2D eigenvalue weighted by atomic mass is 16.3. The number of furan rings is 1. The second-order valence-corrected chi connectivity index (χ2v) is 6.78. The van der Waals surface area contributed by atoms with E-state index in [-0.39, 0.29) is 17.2 Å². The lowest BCUT2D eigenvalue weighted by Gasteiger charge is -2.16. The van der Waals surface area contributed by atoms with Gasteiger partial charge in [-0.3, -0.25) is 4.79 Å². The first kappa shape index (κ1) is 14.9. The first-order valence-electron chi connectivity index (χ1n) is 7.19. The van der Waals surface area contributed by atoms with Crippen LogP contribution >= 0.6 is 0 Å². The van der Waals surface area contributed by atoms with Gasteiger partial charge >= 0.3 is 0 Å². The van der Waals surface area contributed by atoms with Gasteiger partial charge < -0.3 is 9.32 Å². The van der Waals surface area contributed by atoms with Crippen molar-refractivity contribution in [3.8, 4) is 0 Å². The molecule has 1 aliphatic carbocycles. The molecule has 0 aromatic carbocycles. The predicted molar refractivity (Wildman–Crippen MR) is 80.1 cm³/mol. The van der Waals surface area contributed by atoms with Crippen molar-refractivity contribution >= 4 is 5.91 Å². The molecule has 3 heteroatoms. The summed E-state index contributed by atoms with van der Waals surface area (Å²) in [7, 11) is 1.86. The van der Waals surface area contributed by atoms with Gasteiger partial charge in [0.1, 0.15) is 11.5 Å². The molecule has 1 amide bonds. The van der Waals surface area contributed by atoms with Gasteiger partial charge in [-0.25, -0.2) is 0 Å². The lowest BCUT2D eigenvalue weighted by molar-refractivity contribution is -0.132. The standard InChI is InChI=1S/C17H25NO2/c1-11(2)9-14-15(17(14,4)5)16(19)18(6)10-13-8-7-12(3)20-13/h7-9,14-15H,10H2,1-6H3. The van der Waals surface area contributed by atoms with Gasteiger partial charge in [0.05, 0.1) is 12.5 Å². The molecule has 0 saturated heterocycles. The summed E-state index contributed by atoms with van der Waals surface area (Å²) in [6.07, 6.45) is 2.23. The van der Waals surface area contributed by atoms with Crippen molar-refractivity contribution in [2.45, 2.75) is 41.2 Å². The number of allylic oxidation sites excluding steroid dienone is 2. The van der Waals surface area contributed by atoms with Crippen LogP contribution in [0.2, 0.25) is 0 Å². The van der Waals surface area contributed by atoms with E-state index in [9.17, 15) is 4.79 Å². The molecule has 0 aliphatic heterocycles. The van der Waals surface area contributed by atoms with Crippen LogP contribution in [0.1, 0.15) is 39.2 Å². The number of carbonyl (C=O) groups is 1. The Kier molecular flexibility index (Phi) is 3.81. The average molecular weight is 275 g/mol. The highest BCUT2D eigenvalue weighted by Crippen LogP contribution is 2.60. The van der Waals surface area contributed by atoms with Crippen LogP contribution in [0.3, 0.4) is 0 Å². The van der Waals surface area contributed by atoms with E-state index in [1.807, 2.05) is 26.1 Å². The molecule has 1 heterocycles. The van der Waals surface area contributed by atoms with E-state index >= 15 is 0 Å². The average Bonchev–Trinajstić information content (AvgIpc) is 2.68. The van der Waals surface area contributed by atoms with Crippen LogP contribution in [-0.2, 0) is 11.3 Å². The Balaban J connectivity index is 2.03. The first-order valence-corrected chi connectivity index (χ1v) is 7.19. The van der Waals surface area contributed by atoms with Crippen LogP contribution < -0.4 is 0 Å². The molecule has 2 atom stereocenters. The molecular weight excluding hydrogens is 250 g/mol. The van der Waals surface area contributed by atoms with E-state index < -0.39 is 0 Å². The third kappa shape index (κ3) is 2.82. The molecule has 0 spiro atoms. The van der Waals surface area contributed by atoms with Crippen molar-refractivity contribution in [3.63, 3.8) is 0 Å². The van der Waals surface area contributed by atoms with Crippen LogP contribution in [0.5, 0.6) is 0 Å². The minimum atomic E-state index is 0.0711. The summed E-state index contributed by atoms with van der Waals surface area (Å²) in [6, 6.07) is 3.87. The molecule has 110 valence electrons. The third-order valence-corrected chi connectivity index (χ3v) is 4.25. The Morgan fingerprint density at radius 3 is 2.55 bits per heavy atom. The smallest absolute Gasteiger partial charge is 0.227 e. The summed E-state index contributed by atoms with van der Waals surface area (Å²) in [6.45, 7) is 11.0. The maximum absolute atomic E-state index is 12.6. The number of aryl methyl sites for hydroxylation is 1. The van der Waals surface area contributed by atoms with E-state index in [2.05, 4.69) is 33.8 Å². The Hall–Kier alpha value is -1.51. The van der Waals surface area contributed by atoms with Gasteiger partial charge in [-0.05, 0) is 44.2 Å². The predicted octanol–water partition coefficient (Wildman–Crippen LogP) is 3.78. The van der Waals surface area contributed by atoms with Crippen LogP contribution in [0.25, 0.3) is 0 Å². The normalized spacial score (nSPS) is 23.3. The number of hydrogen-bond donors (Lipinski definition) is 0. The zero-order chi connectivity index (χ0) is 15.1. The molecule has 3 nitrogen and oxygen atoms in total. The van der Waals surface area contributed by atoms with Crippen LogP contribution in [-0.4, -0.2) is 17.9 Å². The van der Waals surface area contributed by atoms with E-state index in [4.69, 9.17) is 4.42 Å². The van der Waals surface area contributed by atoms with Gasteiger partial charge in [0.25, 0.3) is 0 Å². The van der Waals surface area contributed by atoms with E-state index in [1.165, 1.54) is 5.57 Å². The summed E-state index contributed by atoms with van der Waals surface area (Å²) < 4.78 is 5.54. The fourth-order valence-corrected chi connectivity index (χ4v) is 2.94. The van der Waals surface area contributed by atoms with Crippen molar-refractivity contribution in [1.29, 1.82) is 0 Å². The molecule has 1 aromatic rings. The Morgan fingerprint density at radius 1 is 1.40 bits per heavy atom. The highest BCUT2D eigenvalue weighted by molar-refractivity contribution is 5.83. The minimum absolute atomic E-state index is 0.0711. The maximum Gasteiger partial charge on any atom is 0.227 e. The minimum Gasteiger partial charge on any atom is -0.464 e. The number of hydrogen-bond acceptors (Lipinski definition) is 2. The van der Waals surface area contributed by atoms with Crippen molar-refractivity contribution in [3.05, 3.63) is 35.3 Å². The van der Waals surface area contributed by atoms with Crippen LogP contribution in [0.4, 0.5) is 0 Å². The van der Waals surface area contributed by atoms with Gasteiger partial charge in [-0.15, -0.1) is 0 Å². The molecule has 20 heavy (non-hydrogen) atoms. The SMILES string of the molecule is CC(C)=CC1C(C(=O)N(C)Cc2ccc(C)o2)C1(C)C.